The van der Waals surface area contributed by atoms with E-state index in [1.165, 1.54) is 4.88 Å². The van der Waals surface area contributed by atoms with Gasteiger partial charge in [0.25, 0.3) is 0 Å². The molecule has 0 atom stereocenters. The van der Waals surface area contributed by atoms with E-state index in [1.54, 1.807) is 11.3 Å². The molecule has 0 aromatic carbocycles. The maximum atomic E-state index is 9.47. The summed E-state index contributed by atoms with van der Waals surface area (Å²) in [6.07, 6.45) is 0. The van der Waals surface area contributed by atoms with Crippen LogP contribution in [0.25, 0.3) is 0 Å². The van der Waals surface area contributed by atoms with Crippen LogP contribution in [0.4, 0.5) is 5.82 Å². The van der Waals surface area contributed by atoms with Crippen LogP contribution in [0.2, 0.25) is 4.34 Å². The van der Waals surface area contributed by atoms with Gasteiger partial charge in [-0.05, 0) is 29.8 Å². The molecular formula is C16H21ClN2OS. The number of hydrogen-bond donors (Lipinski definition) is 1. The Morgan fingerprint density at radius 3 is 2.52 bits per heavy atom. The normalized spacial score (nSPS) is 11.7. The lowest BCUT2D eigenvalue weighted by atomic mass is 9.91. The van der Waals surface area contributed by atoms with E-state index in [2.05, 4.69) is 25.7 Å². The van der Waals surface area contributed by atoms with Gasteiger partial charge in [-0.25, -0.2) is 4.98 Å². The largest absolute Gasteiger partial charge is 0.392 e. The number of aliphatic hydroxyl groups excluding tert-OH is 1. The second-order valence-corrected chi connectivity index (χ2v) is 7.99. The molecule has 0 aliphatic carbocycles. The highest BCUT2D eigenvalue weighted by Gasteiger charge is 2.18. The summed E-state index contributed by atoms with van der Waals surface area (Å²) >= 11 is 7.55. The lowest BCUT2D eigenvalue weighted by molar-refractivity contribution is 0.281. The fourth-order valence-electron chi connectivity index (χ4n) is 1.99. The topological polar surface area (TPSA) is 36.4 Å². The summed E-state index contributed by atoms with van der Waals surface area (Å²) in [7, 11) is 2.00. The van der Waals surface area contributed by atoms with E-state index in [9.17, 15) is 5.11 Å². The second-order valence-electron chi connectivity index (χ2n) is 6.19. The number of pyridine rings is 1. The number of hydrogen-bond acceptors (Lipinski definition) is 4. The number of anilines is 1. The molecule has 0 aliphatic heterocycles. The maximum Gasteiger partial charge on any atom is 0.129 e. The van der Waals surface area contributed by atoms with Crippen LogP contribution in [0.3, 0.4) is 0 Å². The van der Waals surface area contributed by atoms with E-state index < -0.39 is 0 Å². The van der Waals surface area contributed by atoms with Crippen molar-refractivity contribution < 1.29 is 5.11 Å². The van der Waals surface area contributed by atoms with E-state index in [-0.39, 0.29) is 12.0 Å². The molecule has 0 fully saturated rings. The molecule has 0 saturated carbocycles. The highest BCUT2D eigenvalue weighted by molar-refractivity contribution is 7.16. The number of aliphatic hydroxyl groups is 1. The van der Waals surface area contributed by atoms with Crippen molar-refractivity contribution in [2.45, 2.75) is 39.3 Å². The van der Waals surface area contributed by atoms with Crippen LogP contribution < -0.4 is 4.90 Å². The van der Waals surface area contributed by atoms with Crippen molar-refractivity contribution in [3.63, 3.8) is 0 Å². The molecule has 0 aliphatic rings. The minimum atomic E-state index is -0.0486. The predicted molar refractivity (Wildman–Crippen MR) is 90.3 cm³/mol. The second kappa shape index (κ2) is 6.34. The molecule has 0 radical (unpaired) electrons. The first-order valence-electron chi connectivity index (χ1n) is 6.87. The van der Waals surface area contributed by atoms with Crippen molar-refractivity contribution in [1.82, 2.24) is 4.98 Å². The van der Waals surface area contributed by atoms with Crippen LogP contribution in [0.1, 0.15) is 36.9 Å². The van der Waals surface area contributed by atoms with E-state index in [4.69, 9.17) is 16.6 Å². The Morgan fingerprint density at radius 2 is 2.00 bits per heavy atom. The Hall–Kier alpha value is -1.10. The summed E-state index contributed by atoms with van der Waals surface area (Å²) in [5.41, 5.74) is 1.83. The minimum Gasteiger partial charge on any atom is -0.392 e. The molecule has 0 spiro atoms. The van der Waals surface area contributed by atoms with Gasteiger partial charge in [-0.3, -0.25) is 0 Å². The highest BCUT2D eigenvalue weighted by Crippen LogP contribution is 2.27. The fourth-order valence-corrected chi connectivity index (χ4v) is 3.13. The molecular weight excluding hydrogens is 304 g/mol. The fraction of sp³-hybridized carbons (Fsp3) is 0.438. The van der Waals surface area contributed by atoms with Gasteiger partial charge in [0, 0.05) is 23.0 Å². The Balaban J connectivity index is 2.29. The van der Waals surface area contributed by atoms with Gasteiger partial charge in [0.2, 0.25) is 0 Å². The minimum absolute atomic E-state index is 0.0251. The quantitative estimate of drug-likeness (QED) is 0.914. The molecule has 0 unspecified atom stereocenters. The molecule has 1 N–H and O–H groups in total. The van der Waals surface area contributed by atoms with Crippen molar-refractivity contribution in [3.8, 4) is 0 Å². The summed E-state index contributed by atoms with van der Waals surface area (Å²) in [5.74, 6) is 0.871. The molecule has 3 nitrogen and oxygen atoms in total. The van der Waals surface area contributed by atoms with Gasteiger partial charge in [0.1, 0.15) is 5.82 Å². The Kier molecular flexibility index (Phi) is 4.91. The monoisotopic (exact) mass is 324 g/mol. The van der Waals surface area contributed by atoms with Crippen molar-refractivity contribution in [3.05, 3.63) is 44.7 Å². The smallest absolute Gasteiger partial charge is 0.129 e. The third kappa shape index (κ3) is 4.19. The van der Waals surface area contributed by atoms with Crippen molar-refractivity contribution in [2.75, 3.05) is 11.9 Å². The molecule has 2 aromatic heterocycles. The summed E-state index contributed by atoms with van der Waals surface area (Å²) in [6.45, 7) is 7.15. The van der Waals surface area contributed by atoms with Gasteiger partial charge in [0.05, 0.1) is 17.5 Å². The van der Waals surface area contributed by atoms with Crippen LogP contribution >= 0.6 is 22.9 Å². The molecule has 2 aromatic rings. The molecule has 114 valence electrons. The van der Waals surface area contributed by atoms with Crippen molar-refractivity contribution in [2.24, 2.45) is 0 Å². The van der Waals surface area contributed by atoms with Gasteiger partial charge < -0.3 is 10.0 Å². The number of rotatable bonds is 4. The average molecular weight is 325 g/mol. The van der Waals surface area contributed by atoms with Crippen LogP contribution in [-0.4, -0.2) is 17.1 Å². The van der Waals surface area contributed by atoms with Crippen molar-refractivity contribution in [1.29, 1.82) is 0 Å². The summed E-state index contributed by atoms with van der Waals surface area (Å²) < 4.78 is 0.797. The zero-order valence-electron chi connectivity index (χ0n) is 12.9. The summed E-state index contributed by atoms with van der Waals surface area (Å²) in [5, 5.41) is 9.47. The molecule has 0 bridgehead atoms. The zero-order chi connectivity index (χ0) is 15.6. The van der Waals surface area contributed by atoms with Gasteiger partial charge in [-0.2, -0.15) is 0 Å². The third-order valence-corrected chi connectivity index (χ3v) is 4.45. The Labute approximate surface area is 135 Å². The average Bonchev–Trinajstić information content (AvgIpc) is 2.82. The van der Waals surface area contributed by atoms with E-state index in [0.29, 0.717) is 0 Å². The number of aromatic nitrogens is 1. The molecule has 0 saturated heterocycles. The third-order valence-electron chi connectivity index (χ3n) is 3.24. The molecule has 2 heterocycles. The zero-order valence-corrected chi connectivity index (χ0v) is 14.4. The molecule has 0 amide bonds. The van der Waals surface area contributed by atoms with Gasteiger partial charge in [-0.1, -0.05) is 32.4 Å². The van der Waals surface area contributed by atoms with Gasteiger partial charge in [-0.15, -0.1) is 11.3 Å². The van der Waals surface area contributed by atoms with Gasteiger partial charge >= 0.3 is 0 Å². The summed E-state index contributed by atoms with van der Waals surface area (Å²) in [6, 6.07) is 7.85. The van der Waals surface area contributed by atoms with E-state index >= 15 is 0 Å². The SMILES string of the molecule is CN(Cc1ccc(Cl)s1)c1cc(CO)cc(C(C)(C)C)n1. The van der Waals surface area contributed by atoms with Crippen LogP contribution in [0.5, 0.6) is 0 Å². The lowest BCUT2D eigenvalue weighted by Crippen LogP contribution is -2.21. The van der Waals surface area contributed by atoms with Crippen LogP contribution in [-0.2, 0) is 18.6 Å². The van der Waals surface area contributed by atoms with Gasteiger partial charge in [0.15, 0.2) is 0 Å². The molecule has 21 heavy (non-hydrogen) atoms. The first-order chi connectivity index (χ1) is 9.79. The predicted octanol–water partition coefficient (Wildman–Crippen LogP) is 4.22. The van der Waals surface area contributed by atoms with E-state index in [1.807, 2.05) is 31.3 Å². The number of nitrogens with zero attached hydrogens (tertiary/aromatic N) is 2. The lowest BCUT2D eigenvalue weighted by Gasteiger charge is -2.23. The van der Waals surface area contributed by atoms with Crippen molar-refractivity contribution >= 4 is 28.8 Å². The maximum absolute atomic E-state index is 9.47. The number of thiophene rings is 1. The Morgan fingerprint density at radius 1 is 1.29 bits per heavy atom. The number of halogens is 1. The summed E-state index contributed by atoms with van der Waals surface area (Å²) in [4.78, 5) is 8.01. The van der Waals surface area contributed by atoms with E-state index in [0.717, 1.165) is 28.0 Å². The Bertz CT molecular complexity index is 619. The first kappa shape index (κ1) is 16.3. The highest BCUT2D eigenvalue weighted by atomic mass is 35.5. The van der Waals surface area contributed by atoms with Crippen LogP contribution in [0.15, 0.2) is 24.3 Å². The molecule has 2 rings (SSSR count). The first-order valence-corrected chi connectivity index (χ1v) is 8.06. The standard InChI is InChI=1S/C16H21ClN2OS/c1-16(2,3)13-7-11(10-20)8-15(18-13)19(4)9-12-5-6-14(17)21-12/h5-8,20H,9-10H2,1-4H3. The molecule has 5 heteroatoms. The van der Waals surface area contributed by atoms with Crippen LogP contribution in [0, 0.1) is 0 Å².